The molecule has 0 bridgehead atoms. The molecule has 31 heavy (non-hydrogen) atoms. The molecule has 1 fully saturated rings. The van der Waals surface area contributed by atoms with Crippen molar-refractivity contribution in [2.45, 2.75) is 13.1 Å². The van der Waals surface area contributed by atoms with E-state index in [0.717, 1.165) is 5.69 Å². The topological polar surface area (TPSA) is 110 Å². The van der Waals surface area contributed by atoms with E-state index in [1.165, 1.54) is 11.8 Å². The summed E-state index contributed by atoms with van der Waals surface area (Å²) in [6, 6.07) is 7.47. The summed E-state index contributed by atoms with van der Waals surface area (Å²) in [5.41, 5.74) is -2.46. The van der Waals surface area contributed by atoms with Crippen LogP contribution in [-0.4, -0.2) is 41.8 Å². The number of hydrogen-bond acceptors (Lipinski definition) is 7. The van der Waals surface area contributed by atoms with Gasteiger partial charge in [-0.25, -0.2) is 0 Å². The summed E-state index contributed by atoms with van der Waals surface area (Å²) in [6.07, 6.45) is -4.96. The van der Waals surface area contributed by atoms with Crippen molar-refractivity contribution < 1.29 is 27.8 Å². The Labute approximate surface area is 174 Å². The molecule has 0 N–H and O–H groups in total. The third-order valence-corrected chi connectivity index (χ3v) is 5.03. The largest absolute Gasteiger partial charge is 0.416 e. The van der Waals surface area contributed by atoms with Crippen LogP contribution in [0, 0.1) is 20.2 Å². The highest BCUT2D eigenvalue weighted by molar-refractivity contribution is 5.94. The number of alkyl halides is 3. The van der Waals surface area contributed by atoms with Crippen LogP contribution in [0.4, 0.5) is 35.9 Å². The number of halogens is 3. The van der Waals surface area contributed by atoms with Crippen LogP contribution >= 0.6 is 0 Å². The van der Waals surface area contributed by atoms with Crippen LogP contribution in [0.1, 0.15) is 22.8 Å². The van der Waals surface area contributed by atoms with Gasteiger partial charge in [0.05, 0.1) is 15.4 Å². The van der Waals surface area contributed by atoms with E-state index in [4.69, 9.17) is 0 Å². The van der Waals surface area contributed by atoms with Gasteiger partial charge in [-0.3, -0.25) is 25.0 Å². The summed E-state index contributed by atoms with van der Waals surface area (Å²) in [7, 11) is 0. The average molecular weight is 438 g/mol. The molecule has 2 aromatic carbocycles. The fourth-order valence-electron chi connectivity index (χ4n) is 3.47. The van der Waals surface area contributed by atoms with Crippen molar-refractivity contribution in [1.29, 1.82) is 0 Å². The molecule has 0 unspecified atom stereocenters. The highest BCUT2D eigenvalue weighted by Crippen LogP contribution is 2.43. The predicted molar refractivity (Wildman–Crippen MR) is 106 cm³/mol. The number of nitrogens with zero attached hydrogens (tertiary/aromatic N) is 4. The minimum absolute atomic E-state index is 0.0849. The van der Waals surface area contributed by atoms with E-state index in [1.54, 1.807) is 24.3 Å². The molecule has 9 nitrogen and oxygen atoms in total. The monoisotopic (exact) mass is 438 g/mol. The number of carbonyl (C=O) groups is 1. The zero-order valence-corrected chi connectivity index (χ0v) is 16.3. The van der Waals surface area contributed by atoms with E-state index in [1.807, 2.05) is 4.90 Å². The van der Waals surface area contributed by atoms with Crippen molar-refractivity contribution >= 4 is 28.5 Å². The number of hydrogen-bond donors (Lipinski definition) is 0. The van der Waals surface area contributed by atoms with Crippen LogP contribution in [0.5, 0.6) is 0 Å². The predicted octanol–water partition coefficient (Wildman–Crippen LogP) is 4.05. The molecule has 0 radical (unpaired) electrons. The van der Waals surface area contributed by atoms with Crippen molar-refractivity contribution in [3.63, 3.8) is 0 Å². The second-order valence-electron chi connectivity index (χ2n) is 6.95. The SMILES string of the molecule is CC(=O)c1ccc(N2CCN(c3c([N+](=O)[O-])cc(C(F)(F)F)cc3[N+](=O)[O-])CC2)cc1. The van der Waals surface area contributed by atoms with E-state index in [2.05, 4.69) is 0 Å². The van der Waals surface area contributed by atoms with Gasteiger partial charge >= 0.3 is 6.18 Å². The first-order valence-electron chi connectivity index (χ1n) is 9.14. The van der Waals surface area contributed by atoms with Crippen LogP contribution in [0.3, 0.4) is 0 Å². The van der Waals surface area contributed by atoms with E-state index in [9.17, 15) is 38.2 Å². The first-order chi connectivity index (χ1) is 14.5. The Morgan fingerprint density at radius 2 is 1.35 bits per heavy atom. The van der Waals surface area contributed by atoms with Gasteiger partial charge in [-0.15, -0.1) is 0 Å². The van der Waals surface area contributed by atoms with Gasteiger partial charge in [0.2, 0.25) is 0 Å². The summed E-state index contributed by atoms with van der Waals surface area (Å²) < 4.78 is 39.2. The highest BCUT2D eigenvalue weighted by Gasteiger charge is 2.39. The van der Waals surface area contributed by atoms with Crippen molar-refractivity contribution in [2.75, 3.05) is 36.0 Å². The number of nitro benzene ring substituents is 2. The first-order valence-corrected chi connectivity index (χ1v) is 9.14. The number of anilines is 2. The molecule has 1 heterocycles. The quantitative estimate of drug-likeness (QED) is 0.393. The molecule has 12 heteroatoms. The number of Topliss-reactive ketones (excluding diaryl/α,β-unsaturated/α-hetero) is 1. The Hall–Kier alpha value is -3.70. The van der Waals surface area contributed by atoms with Gasteiger partial charge in [-0.2, -0.15) is 13.2 Å². The van der Waals surface area contributed by atoms with E-state index in [-0.39, 0.29) is 18.9 Å². The Morgan fingerprint density at radius 1 is 0.903 bits per heavy atom. The van der Waals surface area contributed by atoms with Crippen LogP contribution in [-0.2, 0) is 6.18 Å². The van der Waals surface area contributed by atoms with Gasteiger partial charge in [0.1, 0.15) is 0 Å². The van der Waals surface area contributed by atoms with Gasteiger partial charge in [0, 0.05) is 49.6 Å². The Morgan fingerprint density at radius 3 is 1.74 bits per heavy atom. The Kier molecular flexibility index (Phi) is 5.82. The van der Waals surface area contributed by atoms with Crippen LogP contribution in [0.2, 0.25) is 0 Å². The molecule has 2 aromatic rings. The fourth-order valence-corrected chi connectivity index (χ4v) is 3.47. The molecule has 1 aliphatic rings. The molecule has 0 spiro atoms. The van der Waals surface area contributed by atoms with Gasteiger partial charge in [-0.1, -0.05) is 0 Å². The lowest BCUT2D eigenvalue weighted by molar-refractivity contribution is -0.393. The van der Waals surface area contributed by atoms with E-state index in [0.29, 0.717) is 30.8 Å². The zero-order valence-electron chi connectivity index (χ0n) is 16.3. The number of ketones is 1. The maximum atomic E-state index is 13.1. The molecule has 1 aliphatic heterocycles. The van der Waals surface area contributed by atoms with Crippen molar-refractivity contribution in [2.24, 2.45) is 0 Å². The smallest absolute Gasteiger partial charge is 0.368 e. The number of piperazine rings is 1. The summed E-state index contributed by atoms with van der Waals surface area (Å²) >= 11 is 0. The van der Waals surface area contributed by atoms with Gasteiger partial charge < -0.3 is 9.80 Å². The summed E-state index contributed by atoms with van der Waals surface area (Å²) in [4.78, 5) is 35.5. The van der Waals surface area contributed by atoms with Crippen LogP contribution in [0.25, 0.3) is 0 Å². The molecule has 0 atom stereocenters. The fraction of sp³-hybridized carbons (Fsp3) is 0.316. The molecule has 164 valence electrons. The molecule has 3 rings (SSSR count). The average Bonchev–Trinajstić information content (AvgIpc) is 2.72. The second-order valence-corrected chi connectivity index (χ2v) is 6.95. The number of benzene rings is 2. The number of carbonyl (C=O) groups excluding carboxylic acids is 1. The molecule has 0 amide bonds. The maximum absolute atomic E-state index is 13.1. The number of nitro groups is 2. The molecule has 1 saturated heterocycles. The second kappa shape index (κ2) is 8.20. The van der Waals surface area contributed by atoms with Crippen molar-refractivity contribution in [3.05, 3.63) is 67.8 Å². The van der Waals surface area contributed by atoms with Crippen molar-refractivity contribution in [1.82, 2.24) is 0 Å². The van der Waals surface area contributed by atoms with Crippen LogP contribution < -0.4 is 9.80 Å². The van der Waals surface area contributed by atoms with Crippen LogP contribution in [0.15, 0.2) is 36.4 Å². The lowest BCUT2D eigenvalue weighted by atomic mass is 10.1. The summed E-state index contributed by atoms with van der Waals surface area (Å²) in [5.74, 6) is -0.0849. The van der Waals surface area contributed by atoms with E-state index >= 15 is 0 Å². The van der Waals surface area contributed by atoms with Gasteiger partial charge in [-0.05, 0) is 31.2 Å². The molecule has 0 aromatic heterocycles. The lowest BCUT2D eigenvalue weighted by Crippen LogP contribution is -2.47. The molecular formula is C19H17F3N4O5. The highest BCUT2D eigenvalue weighted by atomic mass is 19.4. The molecular weight excluding hydrogens is 421 g/mol. The standard InChI is InChI=1S/C19H17F3N4O5/c1-12(27)13-2-4-15(5-3-13)23-6-8-24(9-7-23)18-16(25(28)29)10-14(19(20,21)22)11-17(18)26(30)31/h2-5,10-11H,6-9H2,1H3. The minimum Gasteiger partial charge on any atom is -0.368 e. The normalized spacial score (nSPS) is 14.5. The summed E-state index contributed by atoms with van der Waals surface area (Å²) in [6.45, 7) is 2.35. The minimum atomic E-state index is -4.96. The maximum Gasteiger partial charge on any atom is 0.416 e. The Balaban J connectivity index is 1.90. The molecule has 0 saturated carbocycles. The van der Waals surface area contributed by atoms with E-state index < -0.39 is 38.6 Å². The van der Waals surface area contributed by atoms with Gasteiger partial charge in [0.25, 0.3) is 11.4 Å². The third kappa shape index (κ3) is 4.57. The number of rotatable bonds is 5. The zero-order chi connectivity index (χ0) is 22.9. The van der Waals surface area contributed by atoms with Crippen molar-refractivity contribution in [3.8, 4) is 0 Å². The Bertz CT molecular complexity index is 997. The first kappa shape index (κ1) is 22.0. The summed E-state index contributed by atoms with van der Waals surface area (Å²) in [5, 5.41) is 22.9. The lowest BCUT2D eigenvalue weighted by Gasteiger charge is -2.36. The molecule has 0 aliphatic carbocycles. The van der Waals surface area contributed by atoms with Gasteiger partial charge in [0.15, 0.2) is 11.5 Å². The third-order valence-electron chi connectivity index (χ3n) is 5.03.